The molecule has 0 aliphatic carbocycles. The Morgan fingerprint density at radius 3 is 2.62 bits per heavy atom. The van der Waals surface area contributed by atoms with Crippen molar-refractivity contribution in [3.8, 4) is 5.75 Å². The first-order valence-corrected chi connectivity index (χ1v) is 8.04. The summed E-state index contributed by atoms with van der Waals surface area (Å²) in [5, 5.41) is 14.1. The third-order valence-corrected chi connectivity index (χ3v) is 3.73. The number of benzene rings is 1. The highest BCUT2D eigenvalue weighted by Gasteiger charge is 2.16. The van der Waals surface area contributed by atoms with Crippen LogP contribution in [0.2, 0.25) is 0 Å². The maximum absolute atomic E-state index is 11.2. The zero-order valence-corrected chi connectivity index (χ0v) is 12.4. The average molecular weight is 313 g/mol. The average Bonchev–Trinajstić information content (AvgIpc) is 2.41. The molecular weight excluding hydrogens is 294 g/mol. The predicted octanol–water partition coefficient (Wildman–Crippen LogP) is 2.16. The van der Waals surface area contributed by atoms with Crippen LogP contribution >= 0.6 is 0 Å². The van der Waals surface area contributed by atoms with Gasteiger partial charge in [-0.1, -0.05) is 6.08 Å². The first kappa shape index (κ1) is 17.2. The number of primary sulfonamides is 1. The summed E-state index contributed by atoms with van der Waals surface area (Å²) < 4.78 is 27.8. The molecule has 0 bridgehead atoms. The van der Waals surface area contributed by atoms with E-state index >= 15 is 0 Å². The smallest absolute Gasteiger partial charge is 0.339 e. The summed E-state index contributed by atoms with van der Waals surface area (Å²) in [7, 11) is -3.94. The van der Waals surface area contributed by atoms with Crippen molar-refractivity contribution < 1.29 is 23.1 Å². The lowest BCUT2D eigenvalue weighted by atomic mass is 10.2. The second-order valence-electron chi connectivity index (χ2n) is 4.49. The van der Waals surface area contributed by atoms with Crippen LogP contribution in [0.25, 0.3) is 0 Å². The quantitative estimate of drug-likeness (QED) is 0.536. The Balaban J connectivity index is 2.74. The molecule has 0 saturated heterocycles. The molecule has 0 unspecified atom stereocenters. The zero-order valence-electron chi connectivity index (χ0n) is 11.6. The maximum Gasteiger partial charge on any atom is 0.339 e. The molecule has 7 heteroatoms. The van der Waals surface area contributed by atoms with Gasteiger partial charge in [0.25, 0.3) is 0 Å². The van der Waals surface area contributed by atoms with Crippen molar-refractivity contribution in [2.45, 2.75) is 30.6 Å². The SMILES string of the molecule is C=CCCCCCOc1ccc(S(N)(=O)=O)cc1C(=O)O. The Morgan fingerprint density at radius 1 is 1.33 bits per heavy atom. The number of rotatable bonds is 9. The number of unbranched alkanes of at least 4 members (excludes halogenated alkanes) is 3. The van der Waals surface area contributed by atoms with Crippen molar-refractivity contribution in [2.75, 3.05) is 6.61 Å². The summed E-state index contributed by atoms with van der Waals surface area (Å²) in [4.78, 5) is 10.9. The first-order valence-electron chi connectivity index (χ1n) is 6.50. The number of hydrogen-bond donors (Lipinski definition) is 2. The van der Waals surface area contributed by atoms with Crippen molar-refractivity contribution in [1.29, 1.82) is 0 Å². The number of carboxylic acid groups (broad SMARTS) is 1. The van der Waals surface area contributed by atoms with Gasteiger partial charge in [-0.3, -0.25) is 0 Å². The van der Waals surface area contributed by atoms with Gasteiger partial charge in [-0.2, -0.15) is 0 Å². The van der Waals surface area contributed by atoms with Crippen LogP contribution in [-0.4, -0.2) is 26.1 Å². The Labute approximate surface area is 124 Å². The first-order chi connectivity index (χ1) is 9.86. The molecule has 0 saturated carbocycles. The Bertz CT molecular complexity index is 610. The van der Waals surface area contributed by atoms with Crippen molar-refractivity contribution in [2.24, 2.45) is 5.14 Å². The van der Waals surface area contributed by atoms with Crippen LogP contribution < -0.4 is 9.88 Å². The number of aromatic carboxylic acids is 1. The third-order valence-electron chi connectivity index (χ3n) is 2.82. The Hall–Kier alpha value is -1.86. The van der Waals surface area contributed by atoms with Gasteiger partial charge in [-0.05, 0) is 43.9 Å². The lowest BCUT2D eigenvalue weighted by Crippen LogP contribution is -2.14. The van der Waals surface area contributed by atoms with Gasteiger partial charge in [0.15, 0.2) is 0 Å². The van der Waals surface area contributed by atoms with E-state index in [2.05, 4.69) is 6.58 Å². The highest BCUT2D eigenvalue weighted by Crippen LogP contribution is 2.22. The molecule has 0 aliphatic heterocycles. The van der Waals surface area contributed by atoms with Crippen LogP contribution in [0.1, 0.15) is 36.0 Å². The van der Waals surface area contributed by atoms with E-state index in [4.69, 9.17) is 15.0 Å². The minimum absolute atomic E-state index is 0.138. The second kappa shape index (κ2) is 7.80. The van der Waals surface area contributed by atoms with Gasteiger partial charge in [-0.25, -0.2) is 18.4 Å². The predicted molar refractivity (Wildman–Crippen MR) is 78.9 cm³/mol. The van der Waals surface area contributed by atoms with Gasteiger partial charge in [-0.15, -0.1) is 6.58 Å². The van der Waals surface area contributed by atoms with Crippen LogP contribution in [0, 0.1) is 0 Å². The summed E-state index contributed by atoms with van der Waals surface area (Å²) in [5.74, 6) is -1.12. The molecule has 0 radical (unpaired) electrons. The molecule has 0 fully saturated rings. The van der Waals surface area contributed by atoms with Gasteiger partial charge < -0.3 is 9.84 Å². The summed E-state index contributed by atoms with van der Waals surface area (Å²) in [6, 6.07) is 3.55. The van der Waals surface area contributed by atoms with Crippen LogP contribution in [0.3, 0.4) is 0 Å². The number of carbonyl (C=O) groups is 1. The molecule has 1 rings (SSSR count). The molecule has 0 atom stereocenters. The molecule has 0 aliphatic rings. The molecule has 0 heterocycles. The van der Waals surface area contributed by atoms with Crippen LogP contribution in [0.15, 0.2) is 35.7 Å². The fraction of sp³-hybridized carbons (Fsp3) is 0.357. The van der Waals surface area contributed by atoms with Crippen molar-refractivity contribution >= 4 is 16.0 Å². The summed E-state index contributed by atoms with van der Waals surface area (Å²) in [6.07, 6.45) is 5.51. The second-order valence-corrected chi connectivity index (χ2v) is 6.06. The Morgan fingerprint density at radius 2 is 2.05 bits per heavy atom. The van der Waals surface area contributed by atoms with Gasteiger partial charge in [0, 0.05) is 0 Å². The van der Waals surface area contributed by atoms with Crippen molar-refractivity contribution in [3.05, 3.63) is 36.4 Å². The zero-order chi connectivity index (χ0) is 15.9. The van der Waals surface area contributed by atoms with E-state index in [1.165, 1.54) is 12.1 Å². The molecule has 1 aromatic carbocycles. The summed E-state index contributed by atoms with van der Waals surface area (Å²) >= 11 is 0. The lowest BCUT2D eigenvalue weighted by molar-refractivity contribution is 0.0692. The van der Waals surface area contributed by atoms with Gasteiger partial charge in [0.1, 0.15) is 11.3 Å². The molecule has 6 nitrogen and oxygen atoms in total. The van der Waals surface area contributed by atoms with Crippen molar-refractivity contribution in [1.82, 2.24) is 0 Å². The molecule has 0 amide bonds. The third kappa shape index (κ3) is 5.57. The number of hydrogen-bond acceptors (Lipinski definition) is 4. The van der Waals surface area contributed by atoms with Gasteiger partial charge >= 0.3 is 5.97 Å². The number of sulfonamides is 1. The van der Waals surface area contributed by atoms with E-state index in [9.17, 15) is 13.2 Å². The van der Waals surface area contributed by atoms with Crippen molar-refractivity contribution in [3.63, 3.8) is 0 Å². The molecule has 3 N–H and O–H groups in total. The summed E-state index contributed by atoms with van der Waals surface area (Å²) in [6.45, 7) is 4.00. The largest absolute Gasteiger partial charge is 0.493 e. The van der Waals surface area contributed by atoms with Crippen LogP contribution in [-0.2, 0) is 10.0 Å². The highest BCUT2D eigenvalue weighted by atomic mass is 32.2. The number of allylic oxidation sites excluding steroid dienone is 1. The lowest BCUT2D eigenvalue weighted by Gasteiger charge is -2.10. The van der Waals surface area contributed by atoms with E-state index in [0.717, 1.165) is 31.7 Å². The minimum Gasteiger partial charge on any atom is -0.493 e. The molecular formula is C14H19NO5S. The number of carboxylic acids is 1. The van der Waals surface area contributed by atoms with E-state index in [0.29, 0.717) is 6.61 Å². The highest BCUT2D eigenvalue weighted by molar-refractivity contribution is 7.89. The van der Waals surface area contributed by atoms with Crippen LogP contribution in [0.4, 0.5) is 0 Å². The summed E-state index contributed by atoms with van der Waals surface area (Å²) in [5.41, 5.74) is -0.215. The molecule has 21 heavy (non-hydrogen) atoms. The van der Waals surface area contributed by atoms with Gasteiger partial charge in [0.05, 0.1) is 11.5 Å². The molecule has 1 aromatic rings. The van der Waals surface area contributed by atoms with E-state index < -0.39 is 16.0 Å². The van der Waals surface area contributed by atoms with Gasteiger partial charge in [0.2, 0.25) is 10.0 Å². The topological polar surface area (TPSA) is 107 Å². The minimum atomic E-state index is -3.94. The normalized spacial score (nSPS) is 11.1. The van der Waals surface area contributed by atoms with Crippen LogP contribution in [0.5, 0.6) is 5.75 Å². The maximum atomic E-state index is 11.2. The standard InChI is InChI=1S/C14H19NO5S/c1-2-3-4-5-6-9-20-13-8-7-11(21(15,18)19)10-12(13)14(16)17/h2,7-8,10H,1,3-6,9H2,(H,16,17)(H2,15,18,19). The molecule has 0 aromatic heterocycles. The molecule has 0 spiro atoms. The van der Waals surface area contributed by atoms with E-state index in [1.54, 1.807) is 0 Å². The number of nitrogens with two attached hydrogens (primary N) is 1. The Kier molecular flexibility index (Phi) is 6.39. The van der Waals surface area contributed by atoms with E-state index in [1.807, 2.05) is 6.08 Å². The molecule has 116 valence electrons. The fourth-order valence-electron chi connectivity index (χ4n) is 1.73. The monoisotopic (exact) mass is 313 g/mol. The van der Waals surface area contributed by atoms with E-state index in [-0.39, 0.29) is 16.2 Å². The number of ether oxygens (including phenoxy) is 1. The fourth-order valence-corrected chi connectivity index (χ4v) is 2.27.